The molecule has 0 bridgehead atoms. The van der Waals surface area contributed by atoms with E-state index in [1.54, 1.807) is 11.0 Å². The van der Waals surface area contributed by atoms with Crippen molar-refractivity contribution in [3.05, 3.63) is 52.8 Å². The summed E-state index contributed by atoms with van der Waals surface area (Å²) in [6.07, 6.45) is 7.11. The van der Waals surface area contributed by atoms with Crippen molar-refractivity contribution in [1.29, 1.82) is 0 Å². The van der Waals surface area contributed by atoms with E-state index in [4.69, 9.17) is 0 Å². The van der Waals surface area contributed by atoms with Crippen molar-refractivity contribution in [2.24, 2.45) is 0 Å². The minimum Gasteiger partial charge on any atom is -0.340 e. The van der Waals surface area contributed by atoms with Gasteiger partial charge in [-0.15, -0.1) is 11.3 Å². The number of piperazine rings is 1. The molecule has 3 heterocycles. The summed E-state index contributed by atoms with van der Waals surface area (Å²) >= 11 is 1.53. The lowest BCUT2D eigenvalue weighted by atomic mass is 10.1. The highest BCUT2D eigenvalue weighted by Gasteiger charge is 2.31. The van der Waals surface area contributed by atoms with E-state index in [9.17, 15) is 13.2 Å². The zero-order valence-corrected chi connectivity index (χ0v) is 17.6. The SMILES string of the molecule is O=C(Cc1cn2ccsc2n1)N1CCN(S(=O)(=O)c2ccc3c(c2)CCC3)CC1. The molecule has 3 aromatic rings. The minimum absolute atomic E-state index is 0.00895. The first-order valence-electron chi connectivity index (χ1n) is 9.81. The van der Waals surface area contributed by atoms with Gasteiger partial charge in [-0.1, -0.05) is 6.07 Å². The van der Waals surface area contributed by atoms with Gasteiger partial charge in [0.15, 0.2) is 4.96 Å². The van der Waals surface area contributed by atoms with Crippen LogP contribution in [0.15, 0.2) is 40.9 Å². The summed E-state index contributed by atoms with van der Waals surface area (Å²) in [6, 6.07) is 5.51. The smallest absolute Gasteiger partial charge is 0.243 e. The summed E-state index contributed by atoms with van der Waals surface area (Å²) in [5.41, 5.74) is 3.16. The Morgan fingerprint density at radius 3 is 2.69 bits per heavy atom. The highest BCUT2D eigenvalue weighted by Crippen LogP contribution is 2.26. The lowest BCUT2D eigenvalue weighted by Gasteiger charge is -2.34. The van der Waals surface area contributed by atoms with E-state index < -0.39 is 10.0 Å². The van der Waals surface area contributed by atoms with Gasteiger partial charge in [-0.3, -0.25) is 9.20 Å². The van der Waals surface area contributed by atoms with Crippen molar-refractivity contribution in [3.8, 4) is 0 Å². The molecule has 0 saturated carbocycles. The summed E-state index contributed by atoms with van der Waals surface area (Å²) in [5.74, 6) is -0.00895. The molecule has 7 nitrogen and oxygen atoms in total. The van der Waals surface area contributed by atoms with Gasteiger partial charge in [-0.05, 0) is 42.5 Å². The topological polar surface area (TPSA) is 75.0 Å². The molecule has 2 aliphatic rings. The van der Waals surface area contributed by atoms with Gasteiger partial charge in [0.05, 0.1) is 17.0 Å². The lowest BCUT2D eigenvalue weighted by Crippen LogP contribution is -2.50. The first-order valence-corrected chi connectivity index (χ1v) is 12.1. The van der Waals surface area contributed by atoms with Gasteiger partial charge in [-0.25, -0.2) is 13.4 Å². The van der Waals surface area contributed by atoms with Crippen molar-refractivity contribution in [2.75, 3.05) is 26.2 Å². The molecule has 1 aliphatic heterocycles. The molecular weight excluding hydrogens is 408 g/mol. The summed E-state index contributed by atoms with van der Waals surface area (Å²) in [5, 5.41) is 1.95. The van der Waals surface area contributed by atoms with Gasteiger partial charge in [0, 0.05) is 44.0 Å². The molecule has 29 heavy (non-hydrogen) atoms. The Hall–Kier alpha value is -2.23. The summed E-state index contributed by atoms with van der Waals surface area (Å²) < 4.78 is 29.5. The van der Waals surface area contributed by atoms with Crippen LogP contribution in [0.1, 0.15) is 23.2 Å². The molecule has 152 valence electrons. The molecule has 2 aromatic heterocycles. The standard InChI is InChI=1S/C20H22N4O3S2/c25-19(13-17-14-23-10-11-28-20(23)21-17)22-6-8-24(9-7-22)29(26,27)18-5-4-15-2-1-3-16(15)12-18/h4-5,10-12,14H,1-3,6-9,13H2. The number of rotatable bonds is 4. The number of carbonyl (C=O) groups is 1. The van der Waals surface area contributed by atoms with Crippen molar-refractivity contribution < 1.29 is 13.2 Å². The average molecular weight is 431 g/mol. The number of thiazole rings is 1. The van der Waals surface area contributed by atoms with E-state index in [-0.39, 0.29) is 12.3 Å². The Morgan fingerprint density at radius 2 is 1.90 bits per heavy atom. The van der Waals surface area contributed by atoms with Gasteiger partial charge in [-0.2, -0.15) is 4.31 Å². The second-order valence-corrected chi connectivity index (χ2v) is 10.4. The van der Waals surface area contributed by atoms with Crippen LogP contribution in [-0.2, 0) is 34.1 Å². The van der Waals surface area contributed by atoms with Crippen LogP contribution in [0.2, 0.25) is 0 Å². The Kier molecular flexibility index (Phi) is 4.68. The van der Waals surface area contributed by atoms with Crippen LogP contribution in [0.25, 0.3) is 4.96 Å². The third kappa shape index (κ3) is 3.47. The largest absolute Gasteiger partial charge is 0.340 e. The molecule has 5 rings (SSSR count). The number of amides is 1. The normalized spacial score (nSPS) is 17.7. The molecule has 0 atom stereocenters. The maximum Gasteiger partial charge on any atom is 0.243 e. The molecule has 1 aromatic carbocycles. The molecular formula is C20H22N4O3S2. The first-order chi connectivity index (χ1) is 14.0. The van der Waals surface area contributed by atoms with E-state index in [1.165, 1.54) is 21.2 Å². The molecule has 1 aliphatic carbocycles. The predicted octanol–water partition coefficient (Wildman–Crippen LogP) is 1.96. The fourth-order valence-corrected chi connectivity index (χ4v) is 6.36. The Balaban J connectivity index is 1.23. The fraction of sp³-hybridized carbons (Fsp3) is 0.400. The number of carbonyl (C=O) groups excluding carboxylic acids is 1. The Bertz CT molecular complexity index is 1150. The zero-order valence-electron chi connectivity index (χ0n) is 16.0. The van der Waals surface area contributed by atoms with Crippen LogP contribution >= 0.6 is 11.3 Å². The number of sulfonamides is 1. The number of hydrogen-bond acceptors (Lipinski definition) is 5. The van der Waals surface area contributed by atoms with Crippen molar-refractivity contribution in [1.82, 2.24) is 18.6 Å². The molecule has 9 heteroatoms. The van der Waals surface area contributed by atoms with Crippen LogP contribution in [0.5, 0.6) is 0 Å². The van der Waals surface area contributed by atoms with Gasteiger partial charge in [0.1, 0.15) is 0 Å². The van der Waals surface area contributed by atoms with Crippen LogP contribution in [0.4, 0.5) is 0 Å². The molecule has 0 unspecified atom stereocenters. The second kappa shape index (κ2) is 7.23. The molecule has 1 fully saturated rings. The van der Waals surface area contributed by atoms with Crippen molar-refractivity contribution in [2.45, 2.75) is 30.6 Å². The Labute approximate surface area is 173 Å². The highest BCUT2D eigenvalue weighted by molar-refractivity contribution is 7.89. The summed E-state index contributed by atoms with van der Waals surface area (Å²) in [4.78, 5) is 20.1. The van der Waals surface area contributed by atoms with E-state index >= 15 is 0 Å². The maximum atomic E-state index is 13.0. The van der Waals surface area contributed by atoms with Crippen LogP contribution < -0.4 is 0 Å². The number of aryl methyl sites for hydroxylation is 2. The van der Waals surface area contributed by atoms with Crippen LogP contribution in [0.3, 0.4) is 0 Å². The second-order valence-electron chi connectivity index (χ2n) is 7.57. The number of fused-ring (bicyclic) bond motifs is 2. The number of benzene rings is 1. The third-order valence-corrected chi connectivity index (χ3v) is 8.44. The van der Waals surface area contributed by atoms with E-state index in [0.29, 0.717) is 31.1 Å². The van der Waals surface area contributed by atoms with E-state index in [2.05, 4.69) is 4.98 Å². The summed E-state index contributed by atoms with van der Waals surface area (Å²) in [6.45, 7) is 1.46. The van der Waals surface area contributed by atoms with Crippen LogP contribution in [0, 0.1) is 0 Å². The lowest BCUT2D eigenvalue weighted by molar-refractivity contribution is -0.131. The maximum absolute atomic E-state index is 13.0. The number of nitrogens with zero attached hydrogens (tertiary/aromatic N) is 4. The minimum atomic E-state index is -3.52. The van der Waals surface area contributed by atoms with Gasteiger partial charge < -0.3 is 4.90 Å². The van der Waals surface area contributed by atoms with Gasteiger partial charge >= 0.3 is 0 Å². The molecule has 1 saturated heterocycles. The fourth-order valence-electron chi connectivity index (χ4n) is 4.16. The number of aromatic nitrogens is 2. The highest BCUT2D eigenvalue weighted by atomic mass is 32.2. The molecule has 1 amide bonds. The number of imidazole rings is 1. The van der Waals surface area contributed by atoms with Crippen molar-refractivity contribution in [3.63, 3.8) is 0 Å². The number of hydrogen-bond donors (Lipinski definition) is 0. The molecule has 0 radical (unpaired) electrons. The van der Waals surface area contributed by atoms with Crippen molar-refractivity contribution >= 4 is 32.2 Å². The van der Waals surface area contributed by atoms with Gasteiger partial charge in [0.2, 0.25) is 15.9 Å². The molecule has 0 N–H and O–H groups in total. The quantitative estimate of drug-likeness (QED) is 0.634. The van der Waals surface area contributed by atoms with Gasteiger partial charge in [0.25, 0.3) is 0 Å². The predicted molar refractivity (Wildman–Crippen MR) is 111 cm³/mol. The first kappa shape index (κ1) is 18.8. The van der Waals surface area contributed by atoms with Crippen LogP contribution in [-0.4, -0.2) is 59.1 Å². The third-order valence-electron chi connectivity index (χ3n) is 5.77. The Morgan fingerprint density at radius 1 is 1.10 bits per heavy atom. The zero-order chi connectivity index (χ0) is 20.0. The summed E-state index contributed by atoms with van der Waals surface area (Å²) in [7, 11) is -3.52. The van der Waals surface area contributed by atoms with E-state index in [1.807, 2.05) is 34.3 Å². The van der Waals surface area contributed by atoms with E-state index in [0.717, 1.165) is 35.5 Å². The molecule has 0 spiro atoms. The average Bonchev–Trinajstić information content (AvgIpc) is 3.43. The monoisotopic (exact) mass is 430 g/mol.